The molecule has 0 aromatic carbocycles. The molecular formula is C13H13F2N3O2. The summed E-state index contributed by atoms with van der Waals surface area (Å²) in [6.07, 6.45) is -0.759. The largest absolute Gasteiger partial charge is 0.461 e. The van der Waals surface area contributed by atoms with Gasteiger partial charge in [-0.3, -0.25) is 0 Å². The van der Waals surface area contributed by atoms with Crippen molar-refractivity contribution in [3.8, 4) is 0 Å². The third kappa shape index (κ3) is 2.23. The van der Waals surface area contributed by atoms with Gasteiger partial charge in [0.15, 0.2) is 11.3 Å². The van der Waals surface area contributed by atoms with E-state index in [1.165, 1.54) is 16.6 Å². The number of fused-ring (bicyclic) bond motifs is 1. The van der Waals surface area contributed by atoms with Crippen molar-refractivity contribution in [3.63, 3.8) is 0 Å². The Morgan fingerprint density at radius 1 is 1.50 bits per heavy atom. The number of hydrogen-bond donors (Lipinski definition) is 0. The Morgan fingerprint density at radius 2 is 2.25 bits per heavy atom. The van der Waals surface area contributed by atoms with Gasteiger partial charge in [0, 0.05) is 17.7 Å². The van der Waals surface area contributed by atoms with Gasteiger partial charge >= 0.3 is 5.97 Å². The van der Waals surface area contributed by atoms with Gasteiger partial charge < -0.3 is 4.74 Å². The highest BCUT2D eigenvalue weighted by Gasteiger charge is 2.29. The van der Waals surface area contributed by atoms with E-state index in [4.69, 9.17) is 4.74 Å². The van der Waals surface area contributed by atoms with Crippen LogP contribution in [0.4, 0.5) is 8.78 Å². The quantitative estimate of drug-likeness (QED) is 0.808. The Kier molecular flexibility index (Phi) is 3.11. The summed E-state index contributed by atoms with van der Waals surface area (Å²) in [5.74, 6) is -0.355. The first-order chi connectivity index (χ1) is 9.60. The number of rotatable bonds is 4. The van der Waals surface area contributed by atoms with Crippen molar-refractivity contribution < 1.29 is 18.3 Å². The van der Waals surface area contributed by atoms with Crippen LogP contribution in [0.5, 0.6) is 0 Å². The first-order valence-electron chi connectivity index (χ1n) is 6.46. The summed E-state index contributed by atoms with van der Waals surface area (Å²) < 4.78 is 32.1. The van der Waals surface area contributed by atoms with E-state index in [2.05, 4.69) is 10.1 Å². The number of esters is 1. The molecule has 7 heteroatoms. The number of alkyl halides is 2. The highest BCUT2D eigenvalue weighted by Crippen LogP contribution is 2.40. The number of aromatic nitrogens is 3. The molecule has 0 atom stereocenters. The van der Waals surface area contributed by atoms with Crippen LogP contribution < -0.4 is 0 Å². The second-order valence-corrected chi connectivity index (χ2v) is 4.70. The summed E-state index contributed by atoms with van der Waals surface area (Å²) in [6, 6.07) is 2.76. The monoisotopic (exact) mass is 281 g/mol. The molecule has 0 N–H and O–H groups in total. The van der Waals surface area contributed by atoms with Gasteiger partial charge in [-0.25, -0.2) is 23.1 Å². The third-order valence-corrected chi connectivity index (χ3v) is 3.18. The second kappa shape index (κ2) is 4.81. The minimum absolute atomic E-state index is 0.0904. The van der Waals surface area contributed by atoms with E-state index >= 15 is 0 Å². The first-order valence-corrected chi connectivity index (χ1v) is 6.46. The Morgan fingerprint density at radius 3 is 2.85 bits per heavy atom. The smallest absolute Gasteiger partial charge is 0.358 e. The van der Waals surface area contributed by atoms with Crippen LogP contribution >= 0.6 is 0 Å². The molecule has 1 aliphatic carbocycles. The van der Waals surface area contributed by atoms with Crippen LogP contribution in [0.1, 0.15) is 54.0 Å². The molecule has 2 heterocycles. The maximum Gasteiger partial charge on any atom is 0.358 e. The lowest BCUT2D eigenvalue weighted by Gasteiger charge is -2.06. The number of halogens is 2. The van der Waals surface area contributed by atoms with Gasteiger partial charge in [-0.2, -0.15) is 5.10 Å². The van der Waals surface area contributed by atoms with Gasteiger partial charge in [-0.15, -0.1) is 0 Å². The van der Waals surface area contributed by atoms with E-state index in [0.717, 1.165) is 12.8 Å². The molecule has 0 bridgehead atoms. The molecule has 0 unspecified atom stereocenters. The zero-order valence-corrected chi connectivity index (χ0v) is 10.8. The van der Waals surface area contributed by atoms with E-state index < -0.39 is 12.4 Å². The Hall–Kier alpha value is -2.05. The Labute approximate surface area is 113 Å². The number of carbonyl (C=O) groups is 1. The van der Waals surface area contributed by atoms with Crippen molar-refractivity contribution in [2.24, 2.45) is 0 Å². The number of hydrogen-bond acceptors (Lipinski definition) is 4. The standard InChI is InChI=1S/C13H13F2N3O2/c1-2-20-13(19)9-6-11-16-8(12(14)15)5-10(7-3-4-7)18(11)17-9/h5-7,12H,2-4H2,1H3. The highest BCUT2D eigenvalue weighted by atomic mass is 19.3. The summed E-state index contributed by atoms with van der Waals surface area (Å²) in [7, 11) is 0. The molecule has 2 aromatic rings. The van der Waals surface area contributed by atoms with Crippen LogP contribution in [0.3, 0.4) is 0 Å². The van der Waals surface area contributed by atoms with Crippen molar-refractivity contribution in [2.45, 2.75) is 32.1 Å². The van der Waals surface area contributed by atoms with Crippen molar-refractivity contribution in [2.75, 3.05) is 6.61 Å². The van der Waals surface area contributed by atoms with Crippen molar-refractivity contribution in [3.05, 3.63) is 29.2 Å². The van der Waals surface area contributed by atoms with E-state index in [9.17, 15) is 13.6 Å². The maximum absolute atomic E-state index is 12.9. The predicted octanol–water partition coefficient (Wildman–Crippen LogP) is 2.72. The predicted molar refractivity (Wildman–Crippen MR) is 65.9 cm³/mol. The summed E-state index contributed by atoms with van der Waals surface area (Å²) >= 11 is 0. The van der Waals surface area contributed by atoms with Gasteiger partial charge in [-0.1, -0.05) is 0 Å². The average Bonchev–Trinajstić information content (AvgIpc) is 3.16. The Balaban J connectivity index is 2.11. The molecule has 5 nitrogen and oxygen atoms in total. The molecule has 20 heavy (non-hydrogen) atoms. The first kappa shape index (κ1) is 13.0. The molecule has 0 radical (unpaired) electrons. The maximum atomic E-state index is 12.9. The van der Waals surface area contributed by atoms with Crippen LogP contribution in [0.25, 0.3) is 5.65 Å². The van der Waals surface area contributed by atoms with E-state index in [1.807, 2.05) is 0 Å². The average molecular weight is 281 g/mol. The lowest BCUT2D eigenvalue weighted by atomic mass is 10.2. The van der Waals surface area contributed by atoms with Gasteiger partial charge in [0.05, 0.1) is 6.61 Å². The normalized spacial score (nSPS) is 15.0. The van der Waals surface area contributed by atoms with Crippen LogP contribution in [-0.4, -0.2) is 27.2 Å². The van der Waals surface area contributed by atoms with Crippen LogP contribution in [0.15, 0.2) is 12.1 Å². The molecule has 1 aliphatic rings. The summed E-state index contributed by atoms with van der Waals surface area (Å²) in [5.41, 5.74) is 0.746. The molecule has 3 rings (SSSR count). The fourth-order valence-electron chi connectivity index (χ4n) is 2.10. The number of nitrogens with zero attached hydrogens (tertiary/aromatic N) is 3. The Bertz CT molecular complexity index is 665. The summed E-state index contributed by atoms with van der Waals surface area (Å²) in [6.45, 7) is 1.92. The zero-order chi connectivity index (χ0) is 14.3. The number of ether oxygens (including phenoxy) is 1. The molecule has 1 saturated carbocycles. The summed E-state index contributed by atoms with van der Waals surface area (Å²) in [5, 5.41) is 4.13. The second-order valence-electron chi connectivity index (χ2n) is 4.70. The summed E-state index contributed by atoms with van der Waals surface area (Å²) in [4.78, 5) is 15.5. The van der Waals surface area contributed by atoms with E-state index in [0.29, 0.717) is 5.69 Å². The third-order valence-electron chi connectivity index (χ3n) is 3.18. The van der Waals surface area contributed by atoms with Gasteiger partial charge in [0.1, 0.15) is 5.69 Å². The van der Waals surface area contributed by atoms with E-state index in [1.54, 1.807) is 6.92 Å². The molecule has 0 saturated heterocycles. The topological polar surface area (TPSA) is 56.5 Å². The van der Waals surface area contributed by atoms with Gasteiger partial charge in [0.25, 0.3) is 6.43 Å². The van der Waals surface area contributed by atoms with Gasteiger partial charge in [0.2, 0.25) is 0 Å². The highest BCUT2D eigenvalue weighted by molar-refractivity contribution is 5.88. The minimum atomic E-state index is -2.64. The SMILES string of the molecule is CCOC(=O)c1cc2nc(C(F)F)cc(C3CC3)n2n1. The lowest BCUT2D eigenvalue weighted by molar-refractivity contribution is 0.0519. The fourth-order valence-corrected chi connectivity index (χ4v) is 2.10. The zero-order valence-electron chi connectivity index (χ0n) is 10.8. The molecule has 1 fully saturated rings. The molecule has 0 aliphatic heterocycles. The minimum Gasteiger partial charge on any atom is -0.461 e. The number of carbonyl (C=O) groups excluding carboxylic acids is 1. The molecule has 2 aromatic heterocycles. The van der Waals surface area contributed by atoms with Crippen LogP contribution in [0, 0.1) is 0 Å². The molecular weight excluding hydrogens is 268 g/mol. The van der Waals surface area contributed by atoms with E-state index in [-0.39, 0.29) is 29.6 Å². The molecule has 0 amide bonds. The van der Waals surface area contributed by atoms with Crippen molar-refractivity contribution in [1.82, 2.24) is 14.6 Å². The lowest BCUT2D eigenvalue weighted by Crippen LogP contribution is -2.07. The van der Waals surface area contributed by atoms with Crippen molar-refractivity contribution >= 4 is 11.6 Å². The van der Waals surface area contributed by atoms with Crippen LogP contribution in [-0.2, 0) is 4.74 Å². The van der Waals surface area contributed by atoms with Crippen LogP contribution in [0.2, 0.25) is 0 Å². The van der Waals surface area contributed by atoms with Gasteiger partial charge in [-0.05, 0) is 25.8 Å². The fraction of sp³-hybridized carbons (Fsp3) is 0.462. The molecule has 106 valence electrons. The molecule has 0 spiro atoms. The van der Waals surface area contributed by atoms with Crippen molar-refractivity contribution in [1.29, 1.82) is 0 Å².